The molecule has 6 nitrogen and oxygen atoms in total. The summed E-state index contributed by atoms with van der Waals surface area (Å²) in [5, 5.41) is 6.92. The molecule has 26 heavy (non-hydrogen) atoms. The van der Waals surface area contributed by atoms with E-state index in [0.29, 0.717) is 6.04 Å². The Bertz CT molecular complexity index is 691. The molecule has 142 valence electrons. The van der Waals surface area contributed by atoms with Crippen LogP contribution >= 0.6 is 39.9 Å². The number of nitrogens with one attached hydrogen (secondary N) is 2. The van der Waals surface area contributed by atoms with Gasteiger partial charge in [0.15, 0.2) is 5.96 Å². The molecular weight excluding hydrogens is 507 g/mol. The average molecular weight is 533 g/mol. The van der Waals surface area contributed by atoms with Gasteiger partial charge in [0.25, 0.3) is 0 Å². The van der Waals surface area contributed by atoms with Crippen LogP contribution in [0.25, 0.3) is 0 Å². The maximum atomic E-state index is 4.69. The molecule has 1 aromatic carbocycles. The Labute approximate surface area is 180 Å². The lowest BCUT2D eigenvalue weighted by atomic mass is 10.3. The number of rotatable bonds is 6. The highest BCUT2D eigenvalue weighted by molar-refractivity contribution is 14.0. The van der Waals surface area contributed by atoms with Crippen molar-refractivity contribution in [3.05, 3.63) is 47.5 Å². The lowest BCUT2D eigenvalue weighted by Crippen LogP contribution is -2.44. The van der Waals surface area contributed by atoms with Crippen molar-refractivity contribution < 1.29 is 0 Å². The standard InChI is InChI=1S/C18H25BrN6.HI/c1-2-21-18(22-9-12-24-11-8-20-14-24)23-15-7-10-25(13-15)17-6-4-3-5-16(17)19;/h3-6,8,11,14-15H,2,7,9-10,12-13H2,1H3,(H2,21,22,23);1H. The highest BCUT2D eigenvalue weighted by Crippen LogP contribution is 2.28. The molecule has 0 bridgehead atoms. The Morgan fingerprint density at radius 1 is 1.38 bits per heavy atom. The number of nitrogens with zero attached hydrogens (tertiary/aromatic N) is 4. The second-order valence-corrected chi connectivity index (χ2v) is 6.94. The van der Waals surface area contributed by atoms with Crippen LogP contribution in [0.2, 0.25) is 0 Å². The maximum absolute atomic E-state index is 4.69. The van der Waals surface area contributed by atoms with Gasteiger partial charge in [-0.15, -0.1) is 24.0 Å². The molecule has 0 amide bonds. The molecule has 1 aliphatic heterocycles. The van der Waals surface area contributed by atoms with Gasteiger partial charge in [-0.1, -0.05) is 12.1 Å². The molecule has 1 aliphatic rings. The number of benzene rings is 1. The quantitative estimate of drug-likeness (QED) is 0.341. The average Bonchev–Trinajstić information content (AvgIpc) is 3.27. The van der Waals surface area contributed by atoms with E-state index in [2.05, 4.69) is 72.6 Å². The molecule has 1 atom stereocenters. The van der Waals surface area contributed by atoms with Crippen molar-refractivity contribution in [1.82, 2.24) is 20.2 Å². The minimum atomic E-state index is 0. The molecule has 8 heteroatoms. The van der Waals surface area contributed by atoms with Gasteiger partial charge in [-0.2, -0.15) is 0 Å². The van der Waals surface area contributed by atoms with Gasteiger partial charge in [0.05, 0.1) is 18.6 Å². The van der Waals surface area contributed by atoms with Crippen molar-refractivity contribution >= 4 is 51.6 Å². The van der Waals surface area contributed by atoms with E-state index in [0.717, 1.165) is 49.6 Å². The van der Waals surface area contributed by atoms with E-state index < -0.39 is 0 Å². The molecule has 0 spiro atoms. The summed E-state index contributed by atoms with van der Waals surface area (Å²) in [6.45, 7) is 6.55. The number of imidazole rings is 1. The second kappa shape index (κ2) is 10.8. The molecule has 1 fully saturated rings. The van der Waals surface area contributed by atoms with E-state index in [1.807, 2.05) is 17.1 Å². The Morgan fingerprint density at radius 2 is 2.23 bits per heavy atom. The van der Waals surface area contributed by atoms with E-state index in [1.165, 1.54) is 5.69 Å². The maximum Gasteiger partial charge on any atom is 0.191 e. The molecule has 3 rings (SSSR count). The number of anilines is 1. The Balaban J connectivity index is 0.00000243. The van der Waals surface area contributed by atoms with E-state index in [4.69, 9.17) is 0 Å². The molecule has 0 aliphatic carbocycles. The van der Waals surface area contributed by atoms with Crippen molar-refractivity contribution in [3.63, 3.8) is 0 Å². The summed E-state index contributed by atoms with van der Waals surface area (Å²) in [6, 6.07) is 8.80. The monoisotopic (exact) mass is 532 g/mol. The molecule has 2 aromatic rings. The third kappa shape index (κ3) is 5.87. The highest BCUT2D eigenvalue weighted by atomic mass is 127. The van der Waals surface area contributed by atoms with Crippen LogP contribution in [-0.2, 0) is 6.54 Å². The van der Waals surface area contributed by atoms with Gasteiger partial charge in [-0.05, 0) is 41.4 Å². The molecule has 1 unspecified atom stereocenters. The predicted octanol–water partition coefficient (Wildman–Crippen LogP) is 3.10. The van der Waals surface area contributed by atoms with Crippen LogP contribution in [-0.4, -0.2) is 47.7 Å². The largest absolute Gasteiger partial charge is 0.368 e. The number of hydrogen-bond acceptors (Lipinski definition) is 3. The van der Waals surface area contributed by atoms with Gasteiger partial charge >= 0.3 is 0 Å². The summed E-state index contributed by atoms with van der Waals surface area (Å²) in [5.74, 6) is 0.890. The minimum absolute atomic E-state index is 0. The fraction of sp³-hybridized carbons (Fsp3) is 0.444. The zero-order valence-electron chi connectivity index (χ0n) is 14.9. The summed E-state index contributed by atoms with van der Waals surface area (Å²) in [7, 11) is 0. The van der Waals surface area contributed by atoms with Crippen molar-refractivity contribution in [1.29, 1.82) is 0 Å². The topological polar surface area (TPSA) is 57.5 Å². The van der Waals surface area contributed by atoms with Gasteiger partial charge in [-0.25, -0.2) is 4.98 Å². The van der Waals surface area contributed by atoms with Crippen LogP contribution in [0.3, 0.4) is 0 Å². The molecular formula is C18H26BrIN6. The zero-order valence-corrected chi connectivity index (χ0v) is 18.9. The molecule has 1 saturated heterocycles. The fourth-order valence-electron chi connectivity index (χ4n) is 3.01. The van der Waals surface area contributed by atoms with Gasteiger partial charge in [0.2, 0.25) is 0 Å². The van der Waals surface area contributed by atoms with Crippen LogP contribution in [0.15, 0.2) is 52.5 Å². The first-order valence-electron chi connectivity index (χ1n) is 8.76. The second-order valence-electron chi connectivity index (χ2n) is 6.09. The predicted molar refractivity (Wildman–Crippen MR) is 122 cm³/mol. The highest BCUT2D eigenvalue weighted by Gasteiger charge is 2.24. The van der Waals surface area contributed by atoms with Crippen LogP contribution in [0.5, 0.6) is 0 Å². The van der Waals surface area contributed by atoms with Crippen molar-refractivity contribution in [2.75, 3.05) is 31.1 Å². The summed E-state index contributed by atoms with van der Waals surface area (Å²) in [5.41, 5.74) is 1.26. The molecule has 2 heterocycles. The fourth-order valence-corrected chi connectivity index (χ4v) is 3.55. The van der Waals surface area contributed by atoms with Gasteiger partial charge in [-0.3, -0.25) is 4.99 Å². The van der Waals surface area contributed by atoms with Gasteiger partial charge < -0.3 is 20.1 Å². The van der Waals surface area contributed by atoms with E-state index in [-0.39, 0.29) is 24.0 Å². The molecule has 0 saturated carbocycles. The lowest BCUT2D eigenvalue weighted by Gasteiger charge is -2.21. The first-order chi connectivity index (χ1) is 12.3. The number of aliphatic imine (C=N–C) groups is 1. The number of hydrogen-bond donors (Lipinski definition) is 2. The third-order valence-electron chi connectivity index (χ3n) is 4.25. The molecule has 1 aromatic heterocycles. The van der Waals surface area contributed by atoms with Crippen molar-refractivity contribution in [3.8, 4) is 0 Å². The molecule has 0 radical (unpaired) electrons. The smallest absolute Gasteiger partial charge is 0.191 e. The SMILES string of the molecule is CCNC(=NCCn1ccnc1)NC1CCN(c2ccccc2Br)C1.I. The van der Waals surface area contributed by atoms with E-state index in [1.54, 1.807) is 6.20 Å². The Morgan fingerprint density at radius 3 is 2.96 bits per heavy atom. The number of guanidine groups is 1. The Kier molecular flexibility index (Phi) is 8.70. The third-order valence-corrected chi connectivity index (χ3v) is 4.92. The lowest BCUT2D eigenvalue weighted by molar-refractivity contribution is 0.641. The van der Waals surface area contributed by atoms with Crippen LogP contribution in [0.4, 0.5) is 5.69 Å². The summed E-state index contributed by atoms with van der Waals surface area (Å²) < 4.78 is 3.19. The summed E-state index contributed by atoms with van der Waals surface area (Å²) in [6.07, 6.45) is 6.68. The normalized spacial score (nSPS) is 17.1. The number of para-hydroxylation sites is 1. The Hall–Kier alpha value is -1.29. The van der Waals surface area contributed by atoms with Crippen LogP contribution in [0, 0.1) is 0 Å². The number of halogens is 2. The summed E-state index contributed by atoms with van der Waals surface area (Å²) in [4.78, 5) is 11.2. The molecule has 2 N–H and O–H groups in total. The van der Waals surface area contributed by atoms with Crippen LogP contribution < -0.4 is 15.5 Å². The van der Waals surface area contributed by atoms with Crippen LogP contribution in [0.1, 0.15) is 13.3 Å². The van der Waals surface area contributed by atoms with Crippen molar-refractivity contribution in [2.24, 2.45) is 4.99 Å². The first kappa shape index (κ1) is 21.0. The number of aromatic nitrogens is 2. The summed E-state index contributed by atoms with van der Waals surface area (Å²) >= 11 is 3.65. The minimum Gasteiger partial charge on any atom is -0.368 e. The van der Waals surface area contributed by atoms with Crippen molar-refractivity contribution in [2.45, 2.75) is 25.9 Å². The zero-order chi connectivity index (χ0) is 17.5. The first-order valence-corrected chi connectivity index (χ1v) is 9.55. The van der Waals surface area contributed by atoms with Gasteiger partial charge in [0, 0.05) is 49.1 Å². The van der Waals surface area contributed by atoms with E-state index in [9.17, 15) is 0 Å². The van der Waals surface area contributed by atoms with E-state index >= 15 is 0 Å². The van der Waals surface area contributed by atoms with Gasteiger partial charge in [0.1, 0.15) is 0 Å².